The van der Waals surface area contributed by atoms with Gasteiger partial charge >= 0.3 is 5.97 Å². The summed E-state index contributed by atoms with van der Waals surface area (Å²) in [5.74, 6) is -0.767. The molecule has 0 radical (unpaired) electrons. The molecule has 0 aromatic rings. The van der Waals surface area contributed by atoms with Crippen LogP contribution in [0.25, 0.3) is 0 Å². The summed E-state index contributed by atoms with van der Waals surface area (Å²) in [6.45, 7) is 4.44. The first-order valence-corrected chi connectivity index (χ1v) is 6.19. The van der Waals surface area contributed by atoms with Crippen molar-refractivity contribution in [2.75, 3.05) is 13.6 Å². The molecule has 2 atom stereocenters. The molecule has 0 aromatic carbocycles. The van der Waals surface area contributed by atoms with E-state index < -0.39 is 5.97 Å². The van der Waals surface area contributed by atoms with Crippen molar-refractivity contribution in [3.63, 3.8) is 0 Å². The first-order chi connectivity index (χ1) is 7.52. The molecule has 4 heteroatoms. The summed E-state index contributed by atoms with van der Waals surface area (Å²) in [7, 11) is 2.14. The Hall–Kier alpha value is -0.610. The fraction of sp³-hybridized carbons (Fsp3) is 0.917. The summed E-state index contributed by atoms with van der Waals surface area (Å²) in [4.78, 5) is 12.9. The topological polar surface area (TPSA) is 52.6 Å². The Labute approximate surface area is 98.0 Å². The van der Waals surface area contributed by atoms with Crippen LogP contribution in [0.4, 0.5) is 0 Å². The molecule has 2 unspecified atom stereocenters. The molecule has 1 saturated carbocycles. The molecule has 0 aliphatic heterocycles. The Kier molecular flexibility index (Phi) is 5.22. The van der Waals surface area contributed by atoms with E-state index >= 15 is 0 Å². The van der Waals surface area contributed by atoms with Gasteiger partial charge in [0.25, 0.3) is 0 Å². The highest BCUT2D eigenvalue weighted by atomic mass is 16.4. The first-order valence-electron chi connectivity index (χ1n) is 6.19. The molecular weight excluding hydrogens is 204 g/mol. The lowest BCUT2D eigenvalue weighted by atomic mass is 9.88. The van der Waals surface area contributed by atoms with Crippen molar-refractivity contribution in [1.29, 1.82) is 0 Å². The summed E-state index contributed by atoms with van der Waals surface area (Å²) >= 11 is 0. The van der Waals surface area contributed by atoms with Crippen molar-refractivity contribution in [3.8, 4) is 0 Å². The average Bonchev–Trinajstić information content (AvgIpc) is 2.25. The zero-order chi connectivity index (χ0) is 12.1. The largest absolute Gasteiger partial charge is 0.480 e. The minimum Gasteiger partial charge on any atom is -0.480 e. The number of carbonyl (C=O) groups is 1. The third-order valence-electron chi connectivity index (χ3n) is 3.58. The van der Waals surface area contributed by atoms with Gasteiger partial charge in [0.15, 0.2) is 0 Å². The fourth-order valence-electron chi connectivity index (χ4n) is 2.44. The second kappa shape index (κ2) is 6.21. The number of aliphatic carboxylic acids is 1. The van der Waals surface area contributed by atoms with Gasteiger partial charge in [0.1, 0.15) is 0 Å². The van der Waals surface area contributed by atoms with E-state index in [9.17, 15) is 4.79 Å². The van der Waals surface area contributed by atoms with Gasteiger partial charge in [-0.05, 0) is 33.7 Å². The normalized spacial score (nSPS) is 26.3. The van der Waals surface area contributed by atoms with E-state index in [1.54, 1.807) is 0 Å². The van der Waals surface area contributed by atoms with Crippen molar-refractivity contribution < 1.29 is 9.90 Å². The number of hydrogen-bond acceptors (Lipinski definition) is 3. The van der Waals surface area contributed by atoms with Gasteiger partial charge in [-0.15, -0.1) is 0 Å². The Morgan fingerprint density at radius 2 is 2.06 bits per heavy atom. The smallest absolute Gasteiger partial charge is 0.317 e. The molecule has 0 aromatic heterocycles. The Bertz CT molecular complexity index is 231. The van der Waals surface area contributed by atoms with Crippen LogP contribution in [0, 0.1) is 0 Å². The van der Waals surface area contributed by atoms with E-state index in [2.05, 4.69) is 31.1 Å². The van der Waals surface area contributed by atoms with Crippen molar-refractivity contribution >= 4 is 5.97 Å². The molecule has 16 heavy (non-hydrogen) atoms. The quantitative estimate of drug-likeness (QED) is 0.745. The molecule has 0 saturated heterocycles. The van der Waals surface area contributed by atoms with E-state index in [0.717, 1.165) is 6.42 Å². The summed E-state index contributed by atoms with van der Waals surface area (Å²) < 4.78 is 0. The van der Waals surface area contributed by atoms with Crippen LogP contribution >= 0.6 is 0 Å². The van der Waals surface area contributed by atoms with Gasteiger partial charge < -0.3 is 10.4 Å². The highest BCUT2D eigenvalue weighted by molar-refractivity contribution is 5.69. The van der Waals surface area contributed by atoms with E-state index in [0.29, 0.717) is 18.1 Å². The molecule has 2 N–H and O–H groups in total. The minimum atomic E-state index is -0.767. The average molecular weight is 228 g/mol. The van der Waals surface area contributed by atoms with Gasteiger partial charge in [0.05, 0.1) is 6.54 Å². The van der Waals surface area contributed by atoms with Crippen molar-refractivity contribution in [3.05, 3.63) is 0 Å². The number of rotatable bonds is 5. The third-order valence-corrected chi connectivity index (χ3v) is 3.58. The number of nitrogens with one attached hydrogen (secondary N) is 1. The molecule has 0 amide bonds. The molecule has 0 heterocycles. The van der Waals surface area contributed by atoms with Crippen LogP contribution in [0.15, 0.2) is 0 Å². The van der Waals surface area contributed by atoms with Gasteiger partial charge in [-0.1, -0.05) is 12.8 Å². The molecule has 1 aliphatic carbocycles. The maximum absolute atomic E-state index is 10.6. The third kappa shape index (κ3) is 3.76. The highest BCUT2D eigenvalue weighted by Crippen LogP contribution is 2.23. The summed E-state index contributed by atoms with van der Waals surface area (Å²) in [6, 6.07) is 1.32. The van der Waals surface area contributed by atoms with E-state index in [-0.39, 0.29) is 6.54 Å². The van der Waals surface area contributed by atoms with Crippen LogP contribution in [0.3, 0.4) is 0 Å². The monoisotopic (exact) mass is 228 g/mol. The number of likely N-dealkylation sites (N-methyl/N-ethyl adjacent to an activating group) is 1. The molecule has 1 aliphatic rings. The standard InChI is InChI=1S/C12H24N2O2/c1-9(2)14(3)11-7-5-4-6-10(11)13-8-12(15)16/h9-11,13H,4-8H2,1-3H3,(H,15,16). The zero-order valence-electron chi connectivity index (χ0n) is 10.6. The second-order valence-electron chi connectivity index (χ2n) is 4.99. The van der Waals surface area contributed by atoms with Gasteiger partial charge in [0, 0.05) is 18.1 Å². The molecule has 0 spiro atoms. The summed E-state index contributed by atoms with van der Waals surface area (Å²) in [5, 5.41) is 11.9. The summed E-state index contributed by atoms with van der Waals surface area (Å²) in [6.07, 6.45) is 4.73. The van der Waals surface area contributed by atoms with Crippen molar-refractivity contribution in [1.82, 2.24) is 10.2 Å². The molecule has 0 bridgehead atoms. The Morgan fingerprint density at radius 1 is 1.44 bits per heavy atom. The van der Waals surface area contributed by atoms with Gasteiger partial charge in [-0.3, -0.25) is 9.69 Å². The SMILES string of the molecule is CC(C)N(C)C1CCCCC1NCC(=O)O. The van der Waals surface area contributed by atoms with Crippen molar-refractivity contribution in [2.45, 2.75) is 57.7 Å². The zero-order valence-corrected chi connectivity index (χ0v) is 10.6. The van der Waals surface area contributed by atoms with Crippen molar-refractivity contribution in [2.24, 2.45) is 0 Å². The van der Waals surface area contributed by atoms with Gasteiger partial charge in [-0.2, -0.15) is 0 Å². The van der Waals surface area contributed by atoms with Crippen LogP contribution in [0.1, 0.15) is 39.5 Å². The maximum Gasteiger partial charge on any atom is 0.317 e. The predicted octanol–water partition coefficient (Wildman–Crippen LogP) is 1.31. The number of nitrogens with zero attached hydrogens (tertiary/aromatic N) is 1. The van der Waals surface area contributed by atoms with Crippen LogP contribution in [-0.4, -0.2) is 47.7 Å². The van der Waals surface area contributed by atoms with Crippen LogP contribution in [0.5, 0.6) is 0 Å². The van der Waals surface area contributed by atoms with Crippen LogP contribution in [-0.2, 0) is 4.79 Å². The minimum absolute atomic E-state index is 0.0765. The number of carboxylic acids is 1. The van der Waals surface area contributed by atoms with Gasteiger partial charge in [-0.25, -0.2) is 0 Å². The lowest BCUT2D eigenvalue weighted by molar-refractivity contribution is -0.136. The molecule has 1 fully saturated rings. The second-order valence-corrected chi connectivity index (χ2v) is 4.99. The molecule has 94 valence electrons. The van der Waals surface area contributed by atoms with E-state index in [1.165, 1.54) is 19.3 Å². The lowest BCUT2D eigenvalue weighted by Gasteiger charge is -2.40. The summed E-state index contributed by atoms with van der Waals surface area (Å²) in [5.41, 5.74) is 0. The molecule has 4 nitrogen and oxygen atoms in total. The van der Waals surface area contributed by atoms with Gasteiger partial charge in [0.2, 0.25) is 0 Å². The van der Waals surface area contributed by atoms with E-state index in [4.69, 9.17) is 5.11 Å². The highest BCUT2D eigenvalue weighted by Gasteiger charge is 2.29. The molecular formula is C12H24N2O2. The van der Waals surface area contributed by atoms with Crippen LogP contribution < -0.4 is 5.32 Å². The lowest BCUT2D eigenvalue weighted by Crippen LogP contribution is -2.53. The van der Waals surface area contributed by atoms with E-state index in [1.807, 2.05) is 0 Å². The predicted molar refractivity (Wildman–Crippen MR) is 64.6 cm³/mol. The Morgan fingerprint density at radius 3 is 2.62 bits per heavy atom. The maximum atomic E-state index is 10.6. The fourth-order valence-corrected chi connectivity index (χ4v) is 2.44. The first kappa shape index (κ1) is 13.5. The Balaban J connectivity index is 2.53. The number of hydrogen-bond donors (Lipinski definition) is 2. The number of carboxylic acid groups (broad SMARTS) is 1. The molecule has 1 rings (SSSR count). The van der Waals surface area contributed by atoms with Crippen LogP contribution in [0.2, 0.25) is 0 Å².